The van der Waals surface area contributed by atoms with Gasteiger partial charge in [-0.25, -0.2) is 4.98 Å². The number of aromatic hydroxyl groups is 1. The van der Waals surface area contributed by atoms with Crippen LogP contribution in [0.3, 0.4) is 0 Å². The number of unbranched alkanes of at least 4 members (excludes halogenated alkanes) is 4. The van der Waals surface area contributed by atoms with Crippen molar-refractivity contribution in [1.29, 1.82) is 0 Å². The number of nitrogens with one attached hydrogen (secondary N) is 1. The largest absolute Gasteiger partial charge is 0.668 e. The summed E-state index contributed by atoms with van der Waals surface area (Å²) >= 11 is 0. The SMILES string of the molecule is CCCCCCCC(=O)C(O)C(=O)CCc1cc(OC)c(O)c(C2c3ccnc4c3C(=CC2(CO)Cc2ccc[n-]2)CCN4)c1. The molecule has 5 rings (SSSR count). The fourth-order valence-electron chi connectivity index (χ4n) is 6.95. The molecule has 3 heterocycles. The van der Waals surface area contributed by atoms with Crippen LogP contribution in [0.25, 0.3) is 5.57 Å². The first kappa shape index (κ1) is 32.4. The predicted octanol–water partition coefficient (Wildman–Crippen LogP) is 5.11. The molecule has 3 aromatic rings. The van der Waals surface area contributed by atoms with Crippen LogP contribution in [0.15, 0.2) is 48.8 Å². The van der Waals surface area contributed by atoms with Crippen molar-refractivity contribution in [2.45, 2.75) is 83.2 Å². The van der Waals surface area contributed by atoms with Gasteiger partial charge in [-0.3, -0.25) is 9.59 Å². The Labute approximate surface area is 264 Å². The van der Waals surface area contributed by atoms with E-state index >= 15 is 0 Å². The summed E-state index contributed by atoms with van der Waals surface area (Å²) in [6.07, 6.45) is 10.4. The Kier molecular flexibility index (Phi) is 10.4. The highest BCUT2D eigenvalue weighted by atomic mass is 16.5. The minimum Gasteiger partial charge on any atom is -0.668 e. The number of ketones is 2. The molecule has 1 aromatic carbocycles. The number of pyridine rings is 1. The number of phenols is 1. The first-order valence-corrected chi connectivity index (χ1v) is 16.1. The maximum Gasteiger partial charge on any atom is 0.170 e. The monoisotopic (exact) mass is 614 g/mol. The topological polar surface area (TPSA) is 143 Å². The molecular formula is C36H44N3O6-. The van der Waals surface area contributed by atoms with E-state index in [1.807, 2.05) is 24.3 Å². The third kappa shape index (κ3) is 6.84. The van der Waals surface area contributed by atoms with E-state index in [9.17, 15) is 24.9 Å². The van der Waals surface area contributed by atoms with Gasteiger partial charge < -0.3 is 30.4 Å². The van der Waals surface area contributed by atoms with Crippen molar-refractivity contribution in [2.24, 2.45) is 5.41 Å². The fraction of sp³-hybridized carbons (Fsp3) is 0.472. The average Bonchev–Trinajstić information content (AvgIpc) is 3.57. The van der Waals surface area contributed by atoms with Crippen LogP contribution in [0, 0.1) is 5.41 Å². The van der Waals surface area contributed by atoms with Crippen LogP contribution in [-0.2, 0) is 22.4 Å². The number of Topliss-reactive ketones (excluding diaryl/α,β-unsaturated/α-hetero) is 2. The summed E-state index contributed by atoms with van der Waals surface area (Å²) < 4.78 is 5.60. The minimum absolute atomic E-state index is 0.0397. The average molecular weight is 615 g/mol. The molecule has 0 bridgehead atoms. The molecule has 3 unspecified atom stereocenters. The lowest BCUT2D eigenvalue weighted by Gasteiger charge is -2.45. The third-order valence-electron chi connectivity index (χ3n) is 9.25. The molecule has 240 valence electrons. The molecule has 0 saturated carbocycles. The van der Waals surface area contributed by atoms with Gasteiger partial charge in [0.2, 0.25) is 0 Å². The normalized spacial score (nSPS) is 19.3. The molecule has 9 heteroatoms. The maximum atomic E-state index is 12.9. The second kappa shape index (κ2) is 14.4. The van der Waals surface area contributed by atoms with Crippen LogP contribution in [0.1, 0.15) is 92.2 Å². The molecule has 1 aliphatic heterocycles. The number of phenolic OH excluding ortho intramolecular Hbond substituents is 1. The van der Waals surface area contributed by atoms with E-state index in [0.717, 1.165) is 66.9 Å². The zero-order valence-corrected chi connectivity index (χ0v) is 26.2. The zero-order valence-electron chi connectivity index (χ0n) is 26.2. The molecule has 0 fully saturated rings. The van der Waals surface area contributed by atoms with E-state index in [0.29, 0.717) is 24.0 Å². The number of anilines is 1. The van der Waals surface area contributed by atoms with Gasteiger partial charge in [-0.1, -0.05) is 56.9 Å². The van der Waals surface area contributed by atoms with Gasteiger partial charge in [0.1, 0.15) is 5.82 Å². The predicted molar refractivity (Wildman–Crippen MR) is 173 cm³/mol. The third-order valence-corrected chi connectivity index (χ3v) is 9.25. The van der Waals surface area contributed by atoms with Crippen LogP contribution in [-0.4, -0.2) is 58.2 Å². The Bertz CT molecular complexity index is 1530. The summed E-state index contributed by atoms with van der Waals surface area (Å²) in [6, 6.07) is 9.28. The van der Waals surface area contributed by atoms with Crippen molar-refractivity contribution in [3.05, 3.63) is 76.7 Å². The number of aromatic nitrogens is 2. The van der Waals surface area contributed by atoms with Gasteiger partial charge in [-0.05, 0) is 54.5 Å². The van der Waals surface area contributed by atoms with E-state index in [-0.39, 0.29) is 37.4 Å². The Morgan fingerprint density at radius 3 is 2.67 bits per heavy atom. The molecule has 0 saturated heterocycles. The van der Waals surface area contributed by atoms with Gasteiger partial charge in [0.25, 0.3) is 0 Å². The summed E-state index contributed by atoms with van der Waals surface area (Å²) in [7, 11) is 1.47. The van der Waals surface area contributed by atoms with E-state index in [1.54, 1.807) is 18.5 Å². The van der Waals surface area contributed by atoms with Crippen molar-refractivity contribution < 1.29 is 29.6 Å². The number of nitrogens with zero attached hydrogens (tertiary/aromatic N) is 2. The molecular weight excluding hydrogens is 570 g/mol. The highest BCUT2D eigenvalue weighted by molar-refractivity contribution is 6.05. The molecule has 2 aromatic heterocycles. The number of carbonyl (C=O) groups excluding carboxylic acids is 2. The van der Waals surface area contributed by atoms with Gasteiger partial charge in [0.15, 0.2) is 29.2 Å². The highest BCUT2D eigenvalue weighted by Gasteiger charge is 2.45. The number of rotatable bonds is 16. The molecule has 0 spiro atoms. The van der Waals surface area contributed by atoms with Gasteiger partial charge in [0, 0.05) is 48.0 Å². The van der Waals surface area contributed by atoms with Gasteiger partial charge >= 0.3 is 0 Å². The Hall–Kier alpha value is -3.95. The van der Waals surface area contributed by atoms with Crippen LogP contribution >= 0.6 is 0 Å². The first-order chi connectivity index (χ1) is 21.8. The summed E-state index contributed by atoms with van der Waals surface area (Å²) in [6.45, 7) is 2.65. The van der Waals surface area contributed by atoms with Gasteiger partial charge in [-0.15, -0.1) is 0 Å². The molecule has 0 amide bonds. The highest BCUT2D eigenvalue weighted by Crippen LogP contribution is 2.56. The molecule has 3 atom stereocenters. The number of hydrogen-bond acceptors (Lipinski definition) is 8. The molecule has 2 aliphatic rings. The number of carbonyl (C=O) groups is 2. The number of ether oxygens (including phenoxy) is 1. The summed E-state index contributed by atoms with van der Waals surface area (Å²) in [4.78, 5) is 34.5. The Morgan fingerprint density at radius 1 is 1.13 bits per heavy atom. The maximum absolute atomic E-state index is 12.9. The lowest BCUT2D eigenvalue weighted by atomic mass is 9.61. The van der Waals surface area contributed by atoms with Gasteiger partial charge in [-0.2, -0.15) is 11.9 Å². The molecule has 9 nitrogen and oxygen atoms in total. The minimum atomic E-state index is -1.63. The Morgan fingerprint density at radius 2 is 1.93 bits per heavy atom. The zero-order chi connectivity index (χ0) is 32.0. The lowest BCUT2D eigenvalue weighted by molar-refractivity contribution is -0.138. The standard InChI is InChI=1S/C36H44N3O6/c1-3-4-5-6-7-10-28(41)34(44)29(42)12-11-23-18-27(33(43)30(19-23)45-2)32-26-14-17-39-35-31(26)24(13-16-38-35)20-36(32,22-40)21-25-9-8-15-37-25/h8-9,14-15,17-20,32,34,40,43-44H,3-7,10-13,16,21-22H2,1-2H3,(H,38,39)/q-1. The van der Waals surface area contributed by atoms with E-state index in [4.69, 9.17) is 4.74 Å². The molecule has 4 N–H and O–H groups in total. The van der Waals surface area contributed by atoms with Crippen LogP contribution in [0.5, 0.6) is 11.5 Å². The summed E-state index contributed by atoms with van der Waals surface area (Å²) in [5.41, 5.74) is 4.25. The van der Waals surface area contributed by atoms with Crippen LogP contribution in [0.4, 0.5) is 5.82 Å². The Balaban J connectivity index is 1.47. The molecule has 1 aliphatic carbocycles. The number of aliphatic hydroxyl groups excluding tert-OH is 2. The summed E-state index contributed by atoms with van der Waals surface area (Å²) in [5, 5.41) is 36.6. The summed E-state index contributed by atoms with van der Waals surface area (Å²) in [5.74, 6) is -0.485. The number of methoxy groups -OCH3 is 1. The van der Waals surface area contributed by atoms with Crippen molar-refractivity contribution in [3.8, 4) is 11.5 Å². The van der Waals surface area contributed by atoms with Crippen molar-refractivity contribution in [1.82, 2.24) is 9.97 Å². The van der Waals surface area contributed by atoms with Crippen LogP contribution < -0.4 is 15.0 Å². The molecule has 45 heavy (non-hydrogen) atoms. The van der Waals surface area contributed by atoms with E-state index < -0.39 is 29.0 Å². The second-order valence-corrected chi connectivity index (χ2v) is 12.3. The fourth-order valence-corrected chi connectivity index (χ4v) is 6.95. The van der Waals surface area contributed by atoms with E-state index in [2.05, 4.69) is 28.3 Å². The number of aliphatic hydroxyl groups is 2. The molecule has 0 radical (unpaired) electrons. The van der Waals surface area contributed by atoms with Crippen LogP contribution in [0.2, 0.25) is 0 Å². The van der Waals surface area contributed by atoms with Crippen molar-refractivity contribution in [2.75, 3.05) is 25.6 Å². The number of hydrogen-bond donors (Lipinski definition) is 4. The first-order valence-electron chi connectivity index (χ1n) is 16.1. The van der Waals surface area contributed by atoms with Crippen molar-refractivity contribution in [3.63, 3.8) is 0 Å². The quantitative estimate of drug-likeness (QED) is 0.128. The van der Waals surface area contributed by atoms with Crippen molar-refractivity contribution >= 4 is 23.0 Å². The second-order valence-electron chi connectivity index (χ2n) is 12.3. The number of benzene rings is 1. The van der Waals surface area contributed by atoms with E-state index in [1.165, 1.54) is 7.11 Å². The number of aryl methyl sites for hydroxylation is 1. The smallest absolute Gasteiger partial charge is 0.170 e. The lowest BCUT2D eigenvalue weighted by Crippen LogP contribution is -2.38. The van der Waals surface area contributed by atoms with Gasteiger partial charge in [0.05, 0.1) is 13.7 Å².